The van der Waals surface area contributed by atoms with E-state index in [0.29, 0.717) is 27.3 Å². The molecule has 172 valence electrons. The molecule has 14 heteroatoms. The lowest BCUT2D eigenvalue weighted by Gasteiger charge is -2.12. The number of fused-ring (bicyclic) bond motifs is 1. The van der Waals surface area contributed by atoms with Crippen LogP contribution in [0.3, 0.4) is 0 Å². The highest BCUT2D eigenvalue weighted by molar-refractivity contribution is 7.92. The van der Waals surface area contributed by atoms with E-state index in [1.165, 1.54) is 30.7 Å². The molecular weight excluding hydrogens is 488 g/mol. The molecule has 0 saturated heterocycles. The van der Waals surface area contributed by atoms with Crippen LogP contribution in [0.15, 0.2) is 60.0 Å². The smallest absolute Gasteiger partial charge is 0.264 e. The van der Waals surface area contributed by atoms with E-state index in [0.717, 1.165) is 17.7 Å². The number of halogens is 2. The summed E-state index contributed by atoms with van der Waals surface area (Å²) in [6.45, 7) is 0. The molecule has 0 radical (unpaired) electrons. The van der Waals surface area contributed by atoms with Crippen molar-refractivity contribution in [3.8, 4) is 27.7 Å². The molecule has 0 aliphatic heterocycles. The first-order valence-corrected chi connectivity index (χ1v) is 11.8. The third kappa shape index (κ3) is 4.04. The summed E-state index contributed by atoms with van der Waals surface area (Å²) in [7, 11) is -3.09. The highest BCUT2D eigenvalue weighted by atomic mass is 32.2. The van der Waals surface area contributed by atoms with Gasteiger partial charge in [-0.1, -0.05) is 11.3 Å². The fourth-order valence-electron chi connectivity index (χ4n) is 3.10. The average Bonchev–Trinajstić information content (AvgIpc) is 3.39. The van der Waals surface area contributed by atoms with Crippen molar-refractivity contribution in [1.82, 2.24) is 29.8 Å². The number of nitrogens with zero attached hydrogens (tertiary/aromatic N) is 6. The van der Waals surface area contributed by atoms with Gasteiger partial charge in [-0.25, -0.2) is 31.7 Å². The predicted molar refractivity (Wildman–Crippen MR) is 119 cm³/mol. The summed E-state index contributed by atoms with van der Waals surface area (Å²) in [5.74, 6) is -2.16. The van der Waals surface area contributed by atoms with E-state index in [1.807, 2.05) is 0 Å². The summed E-state index contributed by atoms with van der Waals surface area (Å²) in [6, 6.07) is 5.41. The number of sulfonamides is 1. The number of aromatic nitrogens is 6. The maximum atomic E-state index is 14.1. The van der Waals surface area contributed by atoms with E-state index in [4.69, 9.17) is 4.74 Å². The lowest BCUT2D eigenvalue weighted by atomic mass is 10.2. The second-order valence-electron chi connectivity index (χ2n) is 6.85. The molecule has 5 aromatic rings. The summed E-state index contributed by atoms with van der Waals surface area (Å²) < 4.78 is 61.7. The molecular formula is C20H13F2N7O3S2. The molecule has 0 amide bonds. The summed E-state index contributed by atoms with van der Waals surface area (Å²) in [5, 5.41) is 12.6. The topological polar surface area (TPSA) is 124 Å². The van der Waals surface area contributed by atoms with E-state index in [9.17, 15) is 17.2 Å². The van der Waals surface area contributed by atoms with Crippen molar-refractivity contribution in [2.24, 2.45) is 0 Å². The first kappa shape index (κ1) is 21.8. The summed E-state index contributed by atoms with van der Waals surface area (Å²) in [5.41, 5.74) is 1.88. The fourth-order valence-corrected chi connectivity index (χ4v) is 5.07. The lowest BCUT2D eigenvalue weighted by Crippen LogP contribution is -2.15. The van der Waals surface area contributed by atoms with Gasteiger partial charge in [-0.15, -0.1) is 0 Å². The molecule has 0 unspecified atom stereocenters. The van der Waals surface area contributed by atoms with E-state index in [1.54, 1.807) is 29.2 Å². The quantitative estimate of drug-likeness (QED) is 0.375. The first-order chi connectivity index (χ1) is 16.3. The van der Waals surface area contributed by atoms with Crippen LogP contribution in [-0.2, 0) is 10.0 Å². The maximum Gasteiger partial charge on any atom is 0.264 e. The average molecular weight is 502 g/mol. The maximum absolute atomic E-state index is 14.1. The van der Waals surface area contributed by atoms with Crippen molar-refractivity contribution in [3.63, 3.8) is 0 Å². The van der Waals surface area contributed by atoms with Gasteiger partial charge in [0, 0.05) is 23.4 Å². The monoisotopic (exact) mass is 501 g/mol. The van der Waals surface area contributed by atoms with Crippen LogP contribution in [0.25, 0.3) is 26.8 Å². The van der Waals surface area contributed by atoms with Crippen LogP contribution >= 0.6 is 11.3 Å². The van der Waals surface area contributed by atoms with E-state index < -0.39 is 26.6 Å². The molecule has 0 aliphatic rings. The van der Waals surface area contributed by atoms with Crippen molar-refractivity contribution >= 4 is 32.0 Å². The lowest BCUT2D eigenvalue weighted by molar-refractivity contribution is 0.400. The normalized spacial score (nSPS) is 11.6. The van der Waals surface area contributed by atoms with Crippen LogP contribution in [0, 0.1) is 11.6 Å². The number of rotatable bonds is 6. The summed E-state index contributed by atoms with van der Waals surface area (Å²) >= 11 is 1.25. The molecule has 34 heavy (non-hydrogen) atoms. The van der Waals surface area contributed by atoms with Gasteiger partial charge in [-0.2, -0.15) is 15.3 Å². The number of anilines is 1. The molecule has 0 saturated carbocycles. The molecule has 10 nitrogen and oxygen atoms in total. The Morgan fingerprint density at radius 2 is 1.94 bits per heavy atom. The number of methoxy groups -OCH3 is 1. The Hall–Kier alpha value is -4.04. The number of hydrogen-bond donors (Lipinski definition) is 1. The molecule has 1 N–H and O–H groups in total. The minimum absolute atomic E-state index is 0.0383. The van der Waals surface area contributed by atoms with Gasteiger partial charge in [0.1, 0.15) is 27.2 Å². The number of imidazole rings is 1. The van der Waals surface area contributed by atoms with Crippen molar-refractivity contribution in [2.45, 2.75) is 4.90 Å². The largest absolute Gasteiger partial charge is 0.480 e. The van der Waals surface area contributed by atoms with Crippen LogP contribution < -0.4 is 9.46 Å². The third-order valence-electron chi connectivity index (χ3n) is 4.64. The van der Waals surface area contributed by atoms with Crippen molar-refractivity contribution in [2.75, 3.05) is 11.8 Å². The predicted octanol–water partition coefficient (Wildman–Crippen LogP) is 3.40. The third-order valence-corrected chi connectivity index (χ3v) is 7.01. The van der Waals surface area contributed by atoms with Crippen LogP contribution in [-0.4, -0.2) is 45.3 Å². The van der Waals surface area contributed by atoms with Gasteiger partial charge in [0.05, 0.1) is 31.4 Å². The first-order valence-electron chi connectivity index (χ1n) is 9.49. The zero-order valence-corrected chi connectivity index (χ0v) is 18.8. The zero-order chi connectivity index (χ0) is 23.9. The molecule has 0 bridgehead atoms. The molecule has 0 atom stereocenters. The van der Waals surface area contributed by atoms with Crippen molar-refractivity contribution < 1.29 is 21.9 Å². The van der Waals surface area contributed by atoms with Gasteiger partial charge >= 0.3 is 0 Å². The molecule has 0 fully saturated rings. The molecule has 4 heterocycles. The Balaban J connectivity index is 1.49. The van der Waals surface area contributed by atoms with Crippen LogP contribution in [0.1, 0.15) is 0 Å². The standard InChI is InChI=1S/C20H13F2N7O3S2/c1-32-18-15(28-34(30,31)17-3-2-13(21)7-14(17)22)6-12(8-23-18)19-27-29-10-16(26-20(29)33-19)11-4-5-24-25-9-11/h2-10,28H,1H3. The van der Waals surface area contributed by atoms with Gasteiger partial charge < -0.3 is 4.74 Å². The van der Waals surface area contributed by atoms with Crippen molar-refractivity contribution in [3.05, 3.63) is 66.8 Å². The highest BCUT2D eigenvalue weighted by Gasteiger charge is 2.23. The second kappa shape index (κ2) is 8.39. The molecule has 5 rings (SSSR count). The van der Waals surface area contributed by atoms with E-state index in [2.05, 4.69) is 30.0 Å². The molecule has 0 spiro atoms. The number of benzene rings is 1. The van der Waals surface area contributed by atoms with Crippen LogP contribution in [0.4, 0.5) is 14.5 Å². The van der Waals surface area contributed by atoms with Gasteiger partial charge in [0.25, 0.3) is 10.0 Å². The Morgan fingerprint density at radius 3 is 2.65 bits per heavy atom. The summed E-state index contributed by atoms with van der Waals surface area (Å²) in [6.07, 6.45) is 6.33. The molecule has 1 aromatic carbocycles. The van der Waals surface area contributed by atoms with Gasteiger partial charge in [-0.05, 0) is 24.3 Å². The second-order valence-corrected chi connectivity index (χ2v) is 9.46. The SMILES string of the molecule is COc1ncc(-c2nn3cc(-c4ccnnc4)nc3s2)cc1NS(=O)(=O)c1ccc(F)cc1F. The Kier molecular flexibility index (Phi) is 5.37. The highest BCUT2D eigenvalue weighted by Crippen LogP contribution is 2.33. The number of nitrogens with one attached hydrogen (secondary N) is 1. The van der Waals surface area contributed by atoms with Crippen LogP contribution in [0.5, 0.6) is 5.88 Å². The van der Waals surface area contributed by atoms with E-state index in [-0.39, 0.29) is 11.6 Å². The van der Waals surface area contributed by atoms with Gasteiger partial charge in [0.2, 0.25) is 10.8 Å². The minimum Gasteiger partial charge on any atom is -0.480 e. The fraction of sp³-hybridized carbons (Fsp3) is 0.0500. The summed E-state index contributed by atoms with van der Waals surface area (Å²) in [4.78, 5) is 8.53. The minimum atomic E-state index is -4.40. The molecule has 0 aliphatic carbocycles. The van der Waals surface area contributed by atoms with Crippen LogP contribution in [0.2, 0.25) is 0 Å². The Labute approximate surface area is 195 Å². The van der Waals surface area contributed by atoms with Crippen molar-refractivity contribution in [1.29, 1.82) is 0 Å². The van der Waals surface area contributed by atoms with Gasteiger partial charge in [-0.3, -0.25) is 4.72 Å². The van der Waals surface area contributed by atoms with E-state index >= 15 is 0 Å². The van der Waals surface area contributed by atoms with Gasteiger partial charge in [0.15, 0.2) is 0 Å². The number of hydrogen-bond acceptors (Lipinski definition) is 9. The Morgan fingerprint density at radius 1 is 1.09 bits per heavy atom. The zero-order valence-electron chi connectivity index (χ0n) is 17.2. The molecule has 4 aromatic heterocycles. The number of pyridine rings is 1. The number of ether oxygens (including phenoxy) is 1. The Bertz CT molecular complexity index is 1590.